The molecule has 0 spiro atoms. The molecule has 1 N–H and O–H groups in total. The predicted molar refractivity (Wildman–Crippen MR) is 75.4 cm³/mol. The predicted octanol–water partition coefficient (Wildman–Crippen LogP) is 1.37. The van der Waals surface area contributed by atoms with E-state index in [2.05, 4.69) is 10.3 Å². The molecule has 0 aliphatic heterocycles. The third-order valence-corrected chi connectivity index (χ3v) is 3.75. The normalized spacial score (nSPS) is 11.4. The van der Waals surface area contributed by atoms with Crippen molar-refractivity contribution in [3.8, 4) is 0 Å². The van der Waals surface area contributed by atoms with Gasteiger partial charge in [0.1, 0.15) is 10.7 Å². The molecule has 2 rings (SSSR count). The summed E-state index contributed by atoms with van der Waals surface area (Å²) in [6.07, 6.45) is 0. The molecule has 0 atom stereocenters. The van der Waals surface area contributed by atoms with E-state index in [1.54, 1.807) is 14.1 Å². The topological polar surface area (TPSA) is 63.5 Å². The minimum Gasteiger partial charge on any atom is -0.321 e. The Kier molecular flexibility index (Phi) is 4.09. The van der Waals surface area contributed by atoms with Gasteiger partial charge in [-0.05, 0) is 24.3 Å². The molecule has 104 valence electrons. The molecule has 1 aromatic carbocycles. The largest absolute Gasteiger partial charge is 0.321 e. The molecule has 0 bridgehead atoms. The van der Waals surface area contributed by atoms with Crippen LogP contribution in [-0.2, 0) is 7.05 Å². The molecule has 1 aromatic heterocycles. The summed E-state index contributed by atoms with van der Waals surface area (Å²) >= 11 is 1.10. The minimum absolute atomic E-state index is 0.248. The first kappa shape index (κ1) is 14.1. The average Bonchev–Trinajstić information content (AvgIpc) is 2.44. The lowest BCUT2D eigenvalue weighted by Gasteiger charge is -2.05. The van der Waals surface area contributed by atoms with Crippen LogP contribution in [-0.4, -0.2) is 17.5 Å². The zero-order chi connectivity index (χ0) is 14.7. The summed E-state index contributed by atoms with van der Waals surface area (Å²) in [6, 6.07) is 6.64. The Labute approximate surface area is 118 Å². The second-order valence-corrected chi connectivity index (χ2v) is 4.98. The van der Waals surface area contributed by atoms with Crippen molar-refractivity contribution in [2.75, 3.05) is 12.4 Å². The standard InChI is InChI=1S/C13H12FN3O2S/c1-15-13-17(2)11(18)7-10(20-13)12(19)16-9-5-3-8(14)4-6-9/h3-7H,1-2H3,(H,16,19). The van der Waals surface area contributed by atoms with Crippen LogP contribution in [0.15, 0.2) is 40.1 Å². The lowest BCUT2D eigenvalue weighted by atomic mass is 10.3. The van der Waals surface area contributed by atoms with Gasteiger partial charge >= 0.3 is 0 Å². The lowest BCUT2D eigenvalue weighted by molar-refractivity contribution is 0.103. The summed E-state index contributed by atoms with van der Waals surface area (Å²) in [5.41, 5.74) is 0.146. The van der Waals surface area contributed by atoms with E-state index in [1.807, 2.05) is 0 Å². The van der Waals surface area contributed by atoms with E-state index in [9.17, 15) is 14.0 Å². The van der Waals surface area contributed by atoms with Gasteiger partial charge in [0.2, 0.25) is 0 Å². The van der Waals surface area contributed by atoms with Gasteiger partial charge in [-0.3, -0.25) is 19.1 Å². The monoisotopic (exact) mass is 293 g/mol. The van der Waals surface area contributed by atoms with Crippen LogP contribution in [0, 0.1) is 5.82 Å². The maximum Gasteiger partial charge on any atom is 0.266 e. The number of anilines is 1. The Hall–Kier alpha value is -2.28. The van der Waals surface area contributed by atoms with Crippen LogP contribution in [0.25, 0.3) is 0 Å². The summed E-state index contributed by atoms with van der Waals surface area (Å²) in [4.78, 5) is 28.4. The van der Waals surface area contributed by atoms with Gasteiger partial charge in [-0.25, -0.2) is 4.39 Å². The first-order chi connectivity index (χ1) is 9.51. The molecule has 0 radical (unpaired) electrons. The minimum atomic E-state index is -0.427. The Morgan fingerprint density at radius 3 is 2.60 bits per heavy atom. The number of amides is 1. The molecule has 5 nitrogen and oxygen atoms in total. The van der Waals surface area contributed by atoms with Gasteiger partial charge in [0, 0.05) is 25.8 Å². The zero-order valence-electron chi connectivity index (χ0n) is 10.9. The maximum absolute atomic E-state index is 12.8. The van der Waals surface area contributed by atoms with E-state index < -0.39 is 5.91 Å². The smallest absolute Gasteiger partial charge is 0.266 e. The van der Waals surface area contributed by atoms with Gasteiger partial charge in [0.15, 0.2) is 4.80 Å². The highest BCUT2D eigenvalue weighted by molar-refractivity contribution is 7.11. The number of nitrogens with one attached hydrogen (secondary N) is 1. The summed E-state index contributed by atoms with van der Waals surface area (Å²) in [5, 5.41) is 2.60. The summed E-state index contributed by atoms with van der Waals surface area (Å²) in [5.74, 6) is -0.810. The molecular formula is C13H12FN3O2S. The average molecular weight is 293 g/mol. The van der Waals surface area contributed by atoms with E-state index in [1.165, 1.54) is 34.9 Å². The molecule has 0 aliphatic carbocycles. The second kappa shape index (κ2) is 5.79. The van der Waals surface area contributed by atoms with Crippen LogP contribution in [0.4, 0.5) is 10.1 Å². The quantitative estimate of drug-likeness (QED) is 0.909. The number of carbonyl (C=O) groups excluding carboxylic acids is 1. The number of hydrogen-bond acceptors (Lipinski definition) is 4. The van der Waals surface area contributed by atoms with Crippen molar-refractivity contribution < 1.29 is 9.18 Å². The maximum atomic E-state index is 12.8. The molecule has 1 heterocycles. The van der Waals surface area contributed by atoms with Crippen molar-refractivity contribution >= 4 is 22.9 Å². The zero-order valence-corrected chi connectivity index (χ0v) is 11.7. The van der Waals surface area contributed by atoms with Gasteiger partial charge in [-0.2, -0.15) is 0 Å². The Morgan fingerprint density at radius 1 is 1.35 bits per heavy atom. The highest BCUT2D eigenvalue weighted by Gasteiger charge is 2.10. The number of nitrogens with zero attached hydrogens (tertiary/aromatic N) is 2. The molecule has 20 heavy (non-hydrogen) atoms. The summed E-state index contributed by atoms with van der Waals surface area (Å²) in [6.45, 7) is 0. The van der Waals surface area contributed by atoms with Gasteiger partial charge in [-0.1, -0.05) is 11.3 Å². The fourth-order valence-electron chi connectivity index (χ4n) is 1.53. The highest BCUT2D eigenvalue weighted by atomic mass is 32.1. The fourth-order valence-corrected chi connectivity index (χ4v) is 2.35. The van der Waals surface area contributed by atoms with Gasteiger partial charge < -0.3 is 5.32 Å². The number of benzene rings is 1. The molecular weight excluding hydrogens is 281 g/mol. The van der Waals surface area contributed by atoms with Crippen molar-refractivity contribution in [1.29, 1.82) is 0 Å². The van der Waals surface area contributed by atoms with Crippen molar-refractivity contribution in [3.05, 3.63) is 56.2 Å². The van der Waals surface area contributed by atoms with Crippen LogP contribution in [0.1, 0.15) is 9.67 Å². The first-order valence-electron chi connectivity index (χ1n) is 5.72. The van der Waals surface area contributed by atoms with E-state index in [4.69, 9.17) is 0 Å². The second-order valence-electron chi connectivity index (χ2n) is 3.98. The van der Waals surface area contributed by atoms with Crippen molar-refractivity contribution in [1.82, 2.24) is 4.57 Å². The van der Waals surface area contributed by atoms with Gasteiger partial charge in [0.05, 0.1) is 0 Å². The van der Waals surface area contributed by atoms with Crippen LogP contribution >= 0.6 is 11.3 Å². The molecule has 2 aromatic rings. The Bertz CT molecular complexity index is 762. The van der Waals surface area contributed by atoms with Crippen molar-refractivity contribution in [2.24, 2.45) is 12.0 Å². The number of halogens is 1. The van der Waals surface area contributed by atoms with Crippen molar-refractivity contribution in [2.45, 2.75) is 0 Å². The molecule has 0 saturated carbocycles. The van der Waals surface area contributed by atoms with Crippen LogP contribution < -0.4 is 15.7 Å². The summed E-state index contributed by atoms with van der Waals surface area (Å²) in [7, 11) is 3.13. The first-order valence-corrected chi connectivity index (χ1v) is 6.54. The van der Waals surface area contributed by atoms with E-state index in [0.29, 0.717) is 10.5 Å². The van der Waals surface area contributed by atoms with Gasteiger partial charge in [-0.15, -0.1) is 0 Å². The Morgan fingerprint density at radius 2 is 2.00 bits per heavy atom. The fraction of sp³-hybridized carbons (Fsp3) is 0.154. The number of hydrogen-bond donors (Lipinski definition) is 1. The van der Waals surface area contributed by atoms with E-state index in [0.717, 1.165) is 11.3 Å². The highest BCUT2D eigenvalue weighted by Crippen LogP contribution is 2.10. The number of aromatic nitrogens is 1. The lowest BCUT2D eigenvalue weighted by Crippen LogP contribution is -2.30. The van der Waals surface area contributed by atoms with Crippen LogP contribution in [0.3, 0.4) is 0 Å². The van der Waals surface area contributed by atoms with Crippen LogP contribution in [0.2, 0.25) is 0 Å². The third kappa shape index (κ3) is 3.00. The van der Waals surface area contributed by atoms with Crippen LogP contribution in [0.5, 0.6) is 0 Å². The third-order valence-electron chi connectivity index (χ3n) is 2.59. The number of rotatable bonds is 2. The molecule has 0 aliphatic rings. The SMILES string of the molecule is CN=c1sc(C(=O)Nc2ccc(F)cc2)cc(=O)n1C. The van der Waals surface area contributed by atoms with Crippen molar-refractivity contribution in [3.63, 3.8) is 0 Å². The molecule has 1 amide bonds. The Balaban J connectivity index is 2.32. The number of carbonyl (C=O) groups is 1. The summed E-state index contributed by atoms with van der Waals surface area (Å²) < 4.78 is 14.1. The van der Waals surface area contributed by atoms with Gasteiger partial charge in [0.25, 0.3) is 11.5 Å². The molecule has 0 fully saturated rings. The molecule has 0 saturated heterocycles. The van der Waals surface area contributed by atoms with E-state index >= 15 is 0 Å². The molecule has 7 heteroatoms. The van der Waals surface area contributed by atoms with E-state index in [-0.39, 0.29) is 16.3 Å². The molecule has 0 unspecified atom stereocenters.